The first-order chi connectivity index (χ1) is 14.6. The third-order valence-electron chi connectivity index (χ3n) is 3.99. The lowest BCUT2D eigenvalue weighted by molar-refractivity contribution is -0.119. The molecule has 0 spiro atoms. The molecule has 3 aromatic rings. The van der Waals surface area contributed by atoms with E-state index in [4.69, 9.17) is 27.6 Å². The number of carbonyl (C=O) groups is 1. The lowest BCUT2D eigenvalue weighted by atomic mass is 10.2. The second-order valence-corrected chi connectivity index (χ2v) is 10.0. The van der Waals surface area contributed by atoms with Gasteiger partial charge in [-0.05, 0) is 48.5 Å². The number of hydrogen-bond donors (Lipinski definition) is 1. The third-order valence-corrected chi connectivity index (χ3v) is 6.17. The van der Waals surface area contributed by atoms with Crippen LogP contribution in [0, 0.1) is 0 Å². The number of carbonyl (C=O) groups excluding carboxylic acids is 1. The molecule has 0 saturated heterocycles. The van der Waals surface area contributed by atoms with E-state index in [2.05, 4.69) is 26.5 Å². The summed E-state index contributed by atoms with van der Waals surface area (Å²) in [5, 5.41) is 4.78. The average molecular weight is 545 g/mol. The number of anilines is 1. The van der Waals surface area contributed by atoms with Crippen molar-refractivity contribution in [3.63, 3.8) is 0 Å². The van der Waals surface area contributed by atoms with Crippen LogP contribution in [0.5, 0.6) is 0 Å². The van der Waals surface area contributed by atoms with E-state index in [1.165, 1.54) is 6.21 Å². The van der Waals surface area contributed by atoms with Gasteiger partial charge in [0.15, 0.2) is 0 Å². The topological polar surface area (TPSA) is 92.0 Å². The Hall–Kier alpha value is -2.33. The van der Waals surface area contributed by atoms with E-state index in [1.807, 2.05) is 0 Å². The smallest absolute Gasteiger partial charge is 0.260 e. The van der Waals surface area contributed by atoms with Crippen LogP contribution in [0.15, 0.2) is 68.6 Å². The lowest BCUT2D eigenvalue weighted by Crippen LogP contribution is -2.39. The van der Waals surface area contributed by atoms with Crippen LogP contribution in [-0.4, -0.2) is 33.3 Å². The van der Waals surface area contributed by atoms with Crippen LogP contribution in [0.4, 0.5) is 5.69 Å². The number of furan rings is 1. The van der Waals surface area contributed by atoms with Crippen LogP contribution in [0.2, 0.25) is 10.0 Å². The van der Waals surface area contributed by atoms with Crippen LogP contribution in [0.1, 0.15) is 5.76 Å². The van der Waals surface area contributed by atoms with Gasteiger partial charge in [-0.15, -0.1) is 0 Å². The molecule has 11 heteroatoms. The quantitative estimate of drug-likeness (QED) is 0.337. The molecule has 0 radical (unpaired) electrons. The Morgan fingerprint density at radius 2 is 1.97 bits per heavy atom. The molecule has 7 nitrogen and oxygen atoms in total. The monoisotopic (exact) mass is 543 g/mol. The third kappa shape index (κ3) is 6.33. The number of halogens is 3. The van der Waals surface area contributed by atoms with Crippen LogP contribution in [0.3, 0.4) is 0 Å². The van der Waals surface area contributed by atoms with E-state index in [1.54, 1.807) is 54.6 Å². The number of hydrazone groups is 1. The highest BCUT2D eigenvalue weighted by Crippen LogP contribution is 2.31. The van der Waals surface area contributed by atoms with Crippen LogP contribution < -0.4 is 9.73 Å². The number of nitrogens with one attached hydrogen (secondary N) is 1. The highest BCUT2D eigenvalue weighted by atomic mass is 79.9. The molecule has 0 aliphatic carbocycles. The zero-order valence-corrected chi connectivity index (χ0v) is 20.0. The molecule has 0 saturated carbocycles. The summed E-state index contributed by atoms with van der Waals surface area (Å²) in [6, 6.07) is 15.0. The maximum absolute atomic E-state index is 12.2. The fourth-order valence-corrected chi connectivity index (χ4v) is 4.36. The summed E-state index contributed by atoms with van der Waals surface area (Å²) >= 11 is 15.4. The van der Waals surface area contributed by atoms with Gasteiger partial charge < -0.3 is 4.42 Å². The predicted octanol–water partition coefficient (Wildman–Crippen LogP) is 4.93. The number of nitrogens with zero attached hydrogens (tertiary/aromatic N) is 2. The second kappa shape index (κ2) is 9.86. The van der Waals surface area contributed by atoms with Gasteiger partial charge in [0.05, 0.1) is 23.2 Å². The van der Waals surface area contributed by atoms with Crippen molar-refractivity contribution in [3.8, 4) is 11.3 Å². The first-order valence-electron chi connectivity index (χ1n) is 8.74. The molecule has 0 aliphatic heterocycles. The lowest BCUT2D eigenvalue weighted by Gasteiger charge is -2.21. The van der Waals surface area contributed by atoms with Crippen molar-refractivity contribution in [2.75, 3.05) is 17.1 Å². The molecular weight excluding hydrogens is 529 g/mol. The molecule has 1 heterocycles. The van der Waals surface area contributed by atoms with E-state index in [9.17, 15) is 13.2 Å². The van der Waals surface area contributed by atoms with Crippen molar-refractivity contribution in [1.29, 1.82) is 0 Å². The van der Waals surface area contributed by atoms with Crippen molar-refractivity contribution in [2.45, 2.75) is 0 Å². The number of rotatable bonds is 7. The van der Waals surface area contributed by atoms with Crippen LogP contribution in [0.25, 0.3) is 11.3 Å². The van der Waals surface area contributed by atoms with Gasteiger partial charge in [-0.25, -0.2) is 13.8 Å². The Labute approximate surface area is 197 Å². The fourth-order valence-electron chi connectivity index (χ4n) is 2.62. The first kappa shape index (κ1) is 23.3. The summed E-state index contributed by atoms with van der Waals surface area (Å²) < 4.78 is 31.6. The Morgan fingerprint density at radius 3 is 2.65 bits per heavy atom. The summed E-state index contributed by atoms with van der Waals surface area (Å²) in [6.07, 6.45) is 2.33. The Balaban J connectivity index is 1.67. The first-order valence-corrected chi connectivity index (χ1v) is 12.1. The van der Waals surface area contributed by atoms with E-state index >= 15 is 0 Å². The molecule has 0 unspecified atom stereocenters. The summed E-state index contributed by atoms with van der Waals surface area (Å²) in [6.45, 7) is -0.434. The van der Waals surface area contributed by atoms with Crippen LogP contribution >= 0.6 is 39.1 Å². The maximum atomic E-state index is 12.2. The molecule has 1 aromatic heterocycles. The predicted molar refractivity (Wildman–Crippen MR) is 126 cm³/mol. The van der Waals surface area contributed by atoms with Gasteiger partial charge >= 0.3 is 0 Å². The average Bonchev–Trinajstić information content (AvgIpc) is 3.13. The standard InChI is InChI=1S/C20H16BrCl2N3O4S/c1-31(28,29)26(15-4-2-3-13(21)9-15)12-20(27)25-24-11-16-6-8-19(30-16)17-7-5-14(22)10-18(17)23/h2-11H,12H2,1H3,(H,25,27)/b24-11-. The van der Waals surface area contributed by atoms with Gasteiger partial charge in [-0.3, -0.25) is 9.10 Å². The largest absolute Gasteiger partial charge is 0.455 e. The molecule has 1 N–H and O–H groups in total. The van der Waals surface area contributed by atoms with Crippen molar-refractivity contribution >= 4 is 67.0 Å². The van der Waals surface area contributed by atoms with Gasteiger partial charge in [0.2, 0.25) is 10.0 Å². The molecule has 0 aliphatic rings. The summed E-state index contributed by atoms with van der Waals surface area (Å²) in [7, 11) is -3.68. The SMILES string of the molecule is CS(=O)(=O)N(CC(=O)N/N=C\c1ccc(-c2ccc(Cl)cc2Cl)o1)c1cccc(Br)c1. The molecule has 3 rings (SSSR count). The van der Waals surface area contributed by atoms with Gasteiger partial charge in [0, 0.05) is 15.1 Å². The molecule has 0 fully saturated rings. The van der Waals surface area contributed by atoms with Gasteiger partial charge in [0.25, 0.3) is 5.91 Å². The minimum absolute atomic E-state index is 0.353. The zero-order valence-electron chi connectivity index (χ0n) is 16.1. The zero-order chi connectivity index (χ0) is 22.6. The van der Waals surface area contributed by atoms with Crippen LogP contribution in [-0.2, 0) is 14.8 Å². The van der Waals surface area contributed by atoms with E-state index in [0.717, 1.165) is 10.6 Å². The highest BCUT2D eigenvalue weighted by molar-refractivity contribution is 9.10. The summed E-state index contributed by atoms with van der Waals surface area (Å²) in [4.78, 5) is 12.2. The molecule has 0 atom stereocenters. The minimum atomic E-state index is -3.68. The van der Waals surface area contributed by atoms with Crippen molar-refractivity contribution < 1.29 is 17.6 Å². The Bertz CT molecular complexity index is 1240. The summed E-state index contributed by atoms with van der Waals surface area (Å²) in [5.74, 6) is 0.259. The van der Waals surface area contributed by atoms with Gasteiger partial charge in [-0.1, -0.05) is 45.2 Å². The van der Waals surface area contributed by atoms with Crippen molar-refractivity contribution in [2.24, 2.45) is 5.10 Å². The molecule has 31 heavy (non-hydrogen) atoms. The van der Waals surface area contributed by atoms with Crippen molar-refractivity contribution in [1.82, 2.24) is 5.43 Å². The number of hydrogen-bond acceptors (Lipinski definition) is 5. The fraction of sp³-hybridized carbons (Fsp3) is 0.100. The Kier molecular flexibility index (Phi) is 7.42. The normalized spacial score (nSPS) is 11.6. The van der Waals surface area contributed by atoms with Gasteiger partial charge in [-0.2, -0.15) is 5.10 Å². The molecule has 2 aromatic carbocycles. The Morgan fingerprint density at radius 1 is 1.19 bits per heavy atom. The molecule has 1 amide bonds. The van der Waals surface area contributed by atoms with Crippen molar-refractivity contribution in [3.05, 3.63) is 74.9 Å². The van der Waals surface area contributed by atoms with E-state index in [-0.39, 0.29) is 0 Å². The van der Waals surface area contributed by atoms with E-state index in [0.29, 0.717) is 37.3 Å². The minimum Gasteiger partial charge on any atom is -0.455 e. The second-order valence-electron chi connectivity index (χ2n) is 6.37. The molecule has 162 valence electrons. The molecule has 0 bridgehead atoms. The van der Waals surface area contributed by atoms with Gasteiger partial charge in [0.1, 0.15) is 18.1 Å². The summed E-state index contributed by atoms with van der Waals surface area (Å²) in [5.41, 5.74) is 3.31. The highest BCUT2D eigenvalue weighted by Gasteiger charge is 2.20. The van der Waals surface area contributed by atoms with E-state index < -0.39 is 22.5 Å². The number of amides is 1. The number of sulfonamides is 1. The maximum Gasteiger partial charge on any atom is 0.260 e. The molecular formula is C20H16BrCl2N3O4S. The number of benzene rings is 2.